The molecule has 0 amide bonds. The van der Waals surface area contributed by atoms with Crippen LogP contribution in [0.1, 0.15) is 11.1 Å². The molecule has 1 aromatic carbocycles. The fourth-order valence-electron chi connectivity index (χ4n) is 1.90. The zero-order valence-corrected chi connectivity index (χ0v) is 11.2. The van der Waals surface area contributed by atoms with Crippen LogP contribution >= 0.6 is 0 Å². The quantitative estimate of drug-likeness (QED) is 0.856. The molecule has 1 heterocycles. The van der Waals surface area contributed by atoms with E-state index < -0.39 is 0 Å². The third-order valence-corrected chi connectivity index (χ3v) is 2.94. The summed E-state index contributed by atoms with van der Waals surface area (Å²) in [6.07, 6.45) is 2.26. The summed E-state index contributed by atoms with van der Waals surface area (Å²) in [4.78, 5) is 0. The zero-order valence-electron chi connectivity index (χ0n) is 11.2. The summed E-state index contributed by atoms with van der Waals surface area (Å²) < 4.78 is 16.0. The van der Waals surface area contributed by atoms with Crippen molar-refractivity contribution in [3.8, 4) is 17.2 Å². The average Bonchev–Trinajstić information content (AvgIpc) is 2.84. The first-order valence-corrected chi connectivity index (χ1v) is 5.76. The van der Waals surface area contributed by atoms with E-state index in [2.05, 4.69) is 10.2 Å². The number of nitrogen functional groups attached to an aromatic ring is 1. The number of H-pyrrole nitrogens is 1. The Hall–Kier alpha value is -2.37. The summed E-state index contributed by atoms with van der Waals surface area (Å²) in [6.45, 7) is 0. The maximum Gasteiger partial charge on any atom is 0.129 e. The number of methoxy groups -OCH3 is 3. The molecule has 0 radical (unpaired) electrons. The highest BCUT2D eigenvalue weighted by atomic mass is 16.5. The van der Waals surface area contributed by atoms with Crippen molar-refractivity contribution in [2.24, 2.45) is 0 Å². The van der Waals surface area contributed by atoms with Crippen LogP contribution in [-0.2, 0) is 6.42 Å². The maximum absolute atomic E-state index is 5.80. The number of benzene rings is 1. The third-order valence-electron chi connectivity index (χ3n) is 2.94. The largest absolute Gasteiger partial charge is 0.496 e. The lowest BCUT2D eigenvalue weighted by Gasteiger charge is -2.14. The van der Waals surface area contributed by atoms with Crippen molar-refractivity contribution >= 4 is 5.82 Å². The van der Waals surface area contributed by atoms with Gasteiger partial charge in [-0.05, 0) is 0 Å². The first kappa shape index (κ1) is 13.1. The van der Waals surface area contributed by atoms with Crippen molar-refractivity contribution in [3.63, 3.8) is 0 Å². The normalized spacial score (nSPS) is 10.3. The lowest BCUT2D eigenvalue weighted by molar-refractivity contribution is 0.370. The summed E-state index contributed by atoms with van der Waals surface area (Å²) in [5, 5.41) is 6.61. The molecule has 6 heteroatoms. The lowest BCUT2D eigenvalue weighted by Crippen LogP contribution is -2.00. The van der Waals surface area contributed by atoms with Crippen LogP contribution < -0.4 is 19.9 Å². The molecule has 2 rings (SSSR count). The second-order valence-corrected chi connectivity index (χ2v) is 4.00. The van der Waals surface area contributed by atoms with Gasteiger partial charge in [0.1, 0.15) is 23.1 Å². The highest BCUT2D eigenvalue weighted by molar-refractivity contribution is 5.54. The van der Waals surface area contributed by atoms with Crippen LogP contribution in [0.5, 0.6) is 17.2 Å². The Morgan fingerprint density at radius 1 is 1.11 bits per heavy atom. The molecular weight excluding hydrogens is 246 g/mol. The van der Waals surface area contributed by atoms with Gasteiger partial charge in [0.15, 0.2) is 0 Å². The Morgan fingerprint density at radius 2 is 1.74 bits per heavy atom. The van der Waals surface area contributed by atoms with Crippen molar-refractivity contribution in [1.29, 1.82) is 0 Å². The van der Waals surface area contributed by atoms with E-state index in [1.165, 1.54) is 0 Å². The monoisotopic (exact) mass is 263 g/mol. The number of aromatic nitrogens is 2. The Bertz CT molecular complexity index is 541. The molecule has 0 atom stereocenters. The number of nitrogens with two attached hydrogens (primary N) is 1. The third kappa shape index (κ3) is 2.57. The molecule has 102 valence electrons. The molecule has 19 heavy (non-hydrogen) atoms. The van der Waals surface area contributed by atoms with Gasteiger partial charge in [-0.25, -0.2) is 0 Å². The van der Waals surface area contributed by atoms with E-state index in [1.54, 1.807) is 27.5 Å². The SMILES string of the molecule is COc1cc(OC)c(Cc2cn[nH]c2N)c(OC)c1. The highest BCUT2D eigenvalue weighted by Crippen LogP contribution is 2.36. The van der Waals surface area contributed by atoms with E-state index in [-0.39, 0.29) is 0 Å². The summed E-state index contributed by atoms with van der Waals surface area (Å²) in [5.41, 5.74) is 7.60. The van der Waals surface area contributed by atoms with Crippen LogP contribution in [0, 0.1) is 0 Å². The molecule has 0 spiro atoms. The van der Waals surface area contributed by atoms with Crippen LogP contribution in [0.25, 0.3) is 0 Å². The molecule has 3 N–H and O–H groups in total. The van der Waals surface area contributed by atoms with Gasteiger partial charge in [0.05, 0.1) is 27.5 Å². The Labute approximate surface area is 111 Å². The van der Waals surface area contributed by atoms with Crippen LogP contribution in [0.4, 0.5) is 5.82 Å². The molecular formula is C13H17N3O3. The molecule has 0 saturated carbocycles. The molecule has 0 unspecified atom stereocenters. The van der Waals surface area contributed by atoms with Gasteiger partial charge < -0.3 is 19.9 Å². The van der Waals surface area contributed by atoms with E-state index >= 15 is 0 Å². The fraction of sp³-hybridized carbons (Fsp3) is 0.308. The second kappa shape index (κ2) is 5.51. The maximum atomic E-state index is 5.80. The number of aromatic amines is 1. The minimum absolute atomic E-state index is 0.542. The van der Waals surface area contributed by atoms with Crippen molar-refractivity contribution in [2.45, 2.75) is 6.42 Å². The lowest BCUT2D eigenvalue weighted by atomic mass is 10.0. The molecule has 1 aromatic heterocycles. The highest BCUT2D eigenvalue weighted by Gasteiger charge is 2.15. The first-order chi connectivity index (χ1) is 9.19. The number of hydrogen-bond acceptors (Lipinski definition) is 5. The topological polar surface area (TPSA) is 82.4 Å². The summed E-state index contributed by atoms with van der Waals surface area (Å²) in [6, 6.07) is 3.63. The number of nitrogens with zero attached hydrogens (tertiary/aromatic N) is 1. The number of rotatable bonds is 5. The fourth-order valence-corrected chi connectivity index (χ4v) is 1.90. The molecule has 0 saturated heterocycles. The summed E-state index contributed by atoms with van der Waals surface area (Å²) >= 11 is 0. The van der Waals surface area contributed by atoms with Gasteiger partial charge in [-0.1, -0.05) is 0 Å². The van der Waals surface area contributed by atoms with Crippen molar-refractivity contribution in [1.82, 2.24) is 10.2 Å². The molecule has 6 nitrogen and oxygen atoms in total. The van der Waals surface area contributed by atoms with E-state index in [0.717, 1.165) is 11.1 Å². The van der Waals surface area contributed by atoms with Gasteiger partial charge in [0.25, 0.3) is 0 Å². The van der Waals surface area contributed by atoms with Crippen LogP contribution in [0.3, 0.4) is 0 Å². The van der Waals surface area contributed by atoms with E-state index in [9.17, 15) is 0 Å². The predicted molar refractivity (Wildman–Crippen MR) is 71.9 cm³/mol. The van der Waals surface area contributed by atoms with Crippen LogP contribution in [0.2, 0.25) is 0 Å². The van der Waals surface area contributed by atoms with E-state index in [4.69, 9.17) is 19.9 Å². The number of ether oxygens (including phenoxy) is 3. The smallest absolute Gasteiger partial charge is 0.129 e. The van der Waals surface area contributed by atoms with Gasteiger partial charge >= 0.3 is 0 Å². The minimum Gasteiger partial charge on any atom is -0.496 e. The zero-order chi connectivity index (χ0) is 13.8. The average molecular weight is 263 g/mol. The molecule has 0 aliphatic heterocycles. The number of anilines is 1. The molecule has 0 bridgehead atoms. The van der Waals surface area contributed by atoms with Gasteiger partial charge in [-0.15, -0.1) is 0 Å². The Kier molecular flexibility index (Phi) is 3.79. The molecule has 0 aliphatic carbocycles. The van der Waals surface area contributed by atoms with Crippen LogP contribution in [0.15, 0.2) is 18.3 Å². The minimum atomic E-state index is 0.542. The van der Waals surface area contributed by atoms with Gasteiger partial charge in [0.2, 0.25) is 0 Å². The number of nitrogens with one attached hydrogen (secondary N) is 1. The number of hydrogen-bond donors (Lipinski definition) is 2. The van der Waals surface area contributed by atoms with Gasteiger partial charge in [0, 0.05) is 29.7 Å². The summed E-state index contributed by atoms with van der Waals surface area (Å²) in [5.74, 6) is 2.60. The van der Waals surface area contributed by atoms with Crippen molar-refractivity contribution in [3.05, 3.63) is 29.5 Å². The molecule has 2 aromatic rings. The van der Waals surface area contributed by atoms with Gasteiger partial charge in [-0.2, -0.15) is 5.10 Å². The van der Waals surface area contributed by atoms with Crippen LogP contribution in [-0.4, -0.2) is 31.5 Å². The van der Waals surface area contributed by atoms with Crippen molar-refractivity contribution < 1.29 is 14.2 Å². The molecule has 0 aliphatic rings. The standard InChI is InChI=1S/C13H17N3O3/c1-17-9-5-11(18-2)10(12(6-9)19-3)4-8-7-15-16-13(8)14/h5-7H,4H2,1-3H3,(H3,14,15,16). The van der Waals surface area contributed by atoms with Gasteiger partial charge in [-0.3, -0.25) is 5.10 Å². The Balaban J connectivity index is 2.45. The van der Waals surface area contributed by atoms with E-state index in [1.807, 2.05) is 12.1 Å². The Morgan fingerprint density at radius 3 is 2.16 bits per heavy atom. The molecule has 0 fully saturated rings. The second-order valence-electron chi connectivity index (χ2n) is 4.00. The first-order valence-electron chi connectivity index (χ1n) is 5.76. The predicted octanol–water partition coefficient (Wildman–Crippen LogP) is 1.61. The van der Waals surface area contributed by atoms with Crippen molar-refractivity contribution in [2.75, 3.05) is 27.1 Å². The van der Waals surface area contributed by atoms with E-state index in [0.29, 0.717) is 29.5 Å². The summed E-state index contributed by atoms with van der Waals surface area (Å²) in [7, 11) is 4.81.